The summed E-state index contributed by atoms with van der Waals surface area (Å²) in [6.45, 7) is 6.08. The highest BCUT2D eigenvalue weighted by molar-refractivity contribution is 4.80. The Balaban J connectivity index is 1.69. The fourth-order valence-electron chi connectivity index (χ4n) is 4.03. The van der Waals surface area contributed by atoms with Crippen LogP contribution in [0.3, 0.4) is 0 Å². The first-order valence-electron chi connectivity index (χ1n) is 8.53. The van der Waals surface area contributed by atoms with Crippen molar-refractivity contribution < 1.29 is 0 Å². The molecule has 0 aromatic rings. The zero-order valence-corrected chi connectivity index (χ0v) is 12.6. The summed E-state index contributed by atoms with van der Waals surface area (Å²) in [5.74, 6) is 2.94. The predicted octanol–water partition coefficient (Wildman–Crippen LogP) is 4.76. The molecule has 0 bridgehead atoms. The zero-order valence-electron chi connectivity index (χ0n) is 12.6. The summed E-state index contributed by atoms with van der Waals surface area (Å²) in [4.78, 5) is 0. The largest absolute Gasteiger partial charge is 0.313 e. The quantitative estimate of drug-likeness (QED) is 0.743. The van der Waals surface area contributed by atoms with Crippen molar-refractivity contribution in [3.63, 3.8) is 0 Å². The van der Waals surface area contributed by atoms with Crippen molar-refractivity contribution in [3.8, 4) is 0 Å². The Hall–Kier alpha value is -0.0400. The Morgan fingerprint density at radius 1 is 0.944 bits per heavy atom. The molecule has 1 heteroatoms. The molecule has 2 aliphatic rings. The van der Waals surface area contributed by atoms with Gasteiger partial charge in [-0.15, -0.1) is 0 Å². The molecule has 2 rings (SSSR count). The minimum absolute atomic E-state index is 0.810. The van der Waals surface area contributed by atoms with E-state index in [4.69, 9.17) is 0 Å². The third-order valence-corrected chi connectivity index (χ3v) is 5.46. The first-order chi connectivity index (χ1) is 8.79. The molecule has 0 amide bonds. The van der Waals surface area contributed by atoms with Gasteiger partial charge in [-0.3, -0.25) is 0 Å². The molecule has 0 aliphatic heterocycles. The van der Waals surface area contributed by atoms with Crippen LogP contribution in [-0.2, 0) is 0 Å². The summed E-state index contributed by atoms with van der Waals surface area (Å²) >= 11 is 0. The molecule has 0 aromatic carbocycles. The van der Waals surface area contributed by atoms with Gasteiger partial charge in [0.05, 0.1) is 0 Å². The topological polar surface area (TPSA) is 12.0 Å². The predicted molar refractivity (Wildman–Crippen MR) is 79.8 cm³/mol. The van der Waals surface area contributed by atoms with Gasteiger partial charge in [0.2, 0.25) is 0 Å². The van der Waals surface area contributed by atoms with E-state index in [0.29, 0.717) is 0 Å². The van der Waals surface area contributed by atoms with Gasteiger partial charge in [-0.05, 0) is 56.4 Å². The summed E-state index contributed by atoms with van der Waals surface area (Å²) in [5.41, 5.74) is 0. The second-order valence-corrected chi connectivity index (χ2v) is 6.95. The first-order valence-corrected chi connectivity index (χ1v) is 8.53. The second-order valence-electron chi connectivity index (χ2n) is 6.95. The highest BCUT2D eigenvalue weighted by atomic mass is 14.9. The summed E-state index contributed by atoms with van der Waals surface area (Å²) in [7, 11) is 0. The van der Waals surface area contributed by atoms with Gasteiger partial charge in [0.1, 0.15) is 0 Å². The van der Waals surface area contributed by atoms with Crippen LogP contribution in [0, 0.1) is 17.8 Å². The molecule has 1 nitrogen and oxygen atoms in total. The van der Waals surface area contributed by atoms with Gasteiger partial charge in [0, 0.05) is 6.04 Å². The number of hydrogen-bond donors (Lipinski definition) is 1. The van der Waals surface area contributed by atoms with Crippen LogP contribution in [0.2, 0.25) is 0 Å². The molecule has 0 saturated heterocycles. The van der Waals surface area contributed by atoms with Crippen molar-refractivity contribution in [2.24, 2.45) is 17.8 Å². The molecule has 0 aromatic heterocycles. The third-order valence-electron chi connectivity index (χ3n) is 5.46. The molecule has 1 unspecified atom stereocenters. The maximum atomic E-state index is 3.92. The van der Waals surface area contributed by atoms with Crippen LogP contribution in [0.15, 0.2) is 0 Å². The molecule has 0 spiro atoms. The van der Waals surface area contributed by atoms with E-state index in [1.807, 2.05) is 0 Å². The van der Waals surface area contributed by atoms with Crippen LogP contribution in [0.5, 0.6) is 0 Å². The van der Waals surface area contributed by atoms with Crippen LogP contribution in [0.25, 0.3) is 0 Å². The smallest absolute Gasteiger partial charge is 0.00928 e. The molecule has 0 radical (unpaired) electrons. The fourth-order valence-corrected chi connectivity index (χ4v) is 4.03. The van der Waals surface area contributed by atoms with E-state index in [9.17, 15) is 0 Å². The monoisotopic (exact) mass is 251 g/mol. The molecule has 2 saturated carbocycles. The van der Waals surface area contributed by atoms with E-state index >= 15 is 0 Å². The zero-order chi connectivity index (χ0) is 12.8. The normalized spacial score (nSPS) is 32.3. The van der Waals surface area contributed by atoms with Crippen molar-refractivity contribution in [2.75, 3.05) is 6.54 Å². The van der Waals surface area contributed by atoms with Crippen molar-refractivity contribution >= 4 is 0 Å². The van der Waals surface area contributed by atoms with Gasteiger partial charge >= 0.3 is 0 Å². The summed E-state index contributed by atoms with van der Waals surface area (Å²) < 4.78 is 0. The van der Waals surface area contributed by atoms with Gasteiger partial charge in [-0.2, -0.15) is 0 Å². The van der Waals surface area contributed by atoms with Crippen LogP contribution >= 0.6 is 0 Å². The molecule has 2 aliphatic carbocycles. The van der Waals surface area contributed by atoms with E-state index in [1.54, 1.807) is 0 Å². The second kappa shape index (κ2) is 7.53. The van der Waals surface area contributed by atoms with Crippen LogP contribution in [-0.4, -0.2) is 12.6 Å². The van der Waals surface area contributed by atoms with Gasteiger partial charge in [0.25, 0.3) is 0 Å². The fraction of sp³-hybridized carbons (Fsp3) is 1.00. The van der Waals surface area contributed by atoms with Gasteiger partial charge in [-0.25, -0.2) is 0 Å². The van der Waals surface area contributed by atoms with Crippen LogP contribution in [0.1, 0.15) is 78.1 Å². The number of hydrogen-bond acceptors (Lipinski definition) is 1. The average Bonchev–Trinajstić information content (AvgIpc) is 2.43. The maximum absolute atomic E-state index is 3.92. The lowest BCUT2D eigenvalue weighted by Gasteiger charge is -2.33. The van der Waals surface area contributed by atoms with E-state index in [-0.39, 0.29) is 0 Å². The van der Waals surface area contributed by atoms with Gasteiger partial charge < -0.3 is 5.32 Å². The first kappa shape index (κ1) is 14.4. The molecule has 1 atom stereocenters. The Kier molecular flexibility index (Phi) is 6.01. The van der Waals surface area contributed by atoms with Crippen molar-refractivity contribution in [3.05, 3.63) is 0 Å². The minimum Gasteiger partial charge on any atom is -0.313 e. The molecular weight excluding hydrogens is 218 g/mol. The molecule has 2 fully saturated rings. The Bertz CT molecular complexity index is 212. The standard InChI is InChI=1S/C17H33N/c1-3-17(16-7-5-4-6-8-16)18-13-15-11-9-14(2)10-12-15/h14-18H,3-13H2,1-2H3. The lowest BCUT2D eigenvalue weighted by Crippen LogP contribution is -2.40. The van der Waals surface area contributed by atoms with Crippen molar-refractivity contribution in [1.29, 1.82) is 0 Å². The summed E-state index contributed by atoms with van der Waals surface area (Å²) in [6, 6.07) is 0.810. The highest BCUT2D eigenvalue weighted by Crippen LogP contribution is 2.30. The Morgan fingerprint density at radius 3 is 2.22 bits per heavy atom. The molecular formula is C17H33N. The summed E-state index contributed by atoms with van der Waals surface area (Å²) in [5, 5.41) is 3.92. The molecule has 18 heavy (non-hydrogen) atoms. The van der Waals surface area contributed by atoms with Gasteiger partial charge in [-0.1, -0.05) is 46.0 Å². The Morgan fingerprint density at radius 2 is 1.61 bits per heavy atom. The van der Waals surface area contributed by atoms with E-state index in [2.05, 4.69) is 19.2 Å². The number of rotatable bonds is 5. The molecule has 1 N–H and O–H groups in total. The van der Waals surface area contributed by atoms with Crippen LogP contribution < -0.4 is 5.32 Å². The minimum atomic E-state index is 0.810. The van der Waals surface area contributed by atoms with E-state index < -0.39 is 0 Å². The highest BCUT2D eigenvalue weighted by Gasteiger charge is 2.24. The van der Waals surface area contributed by atoms with Crippen LogP contribution in [0.4, 0.5) is 0 Å². The average molecular weight is 251 g/mol. The molecule has 106 valence electrons. The van der Waals surface area contributed by atoms with Crippen molar-refractivity contribution in [2.45, 2.75) is 84.1 Å². The lowest BCUT2D eigenvalue weighted by molar-refractivity contribution is 0.228. The van der Waals surface area contributed by atoms with E-state index in [0.717, 1.165) is 23.8 Å². The Labute approximate surface area is 114 Å². The van der Waals surface area contributed by atoms with Crippen molar-refractivity contribution in [1.82, 2.24) is 5.32 Å². The summed E-state index contributed by atoms with van der Waals surface area (Å²) in [6.07, 6.45) is 14.6. The number of nitrogens with one attached hydrogen (secondary N) is 1. The molecule has 0 heterocycles. The van der Waals surface area contributed by atoms with Gasteiger partial charge in [0.15, 0.2) is 0 Å². The third kappa shape index (κ3) is 4.26. The maximum Gasteiger partial charge on any atom is 0.00928 e. The lowest BCUT2D eigenvalue weighted by atomic mass is 9.81. The van der Waals surface area contributed by atoms with E-state index in [1.165, 1.54) is 70.8 Å². The SMILES string of the molecule is CCC(NCC1CCC(C)CC1)C1CCCCC1.